The molecule has 1 aliphatic carbocycles. The van der Waals surface area contributed by atoms with Crippen LogP contribution in [0.3, 0.4) is 0 Å². The first-order valence-corrected chi connectivity index (χ1v) is 24.0. The van der Waals surface area contributed by atoms with E-state index in [-0.39, 0.29) is 26.5 Å². The van der Waals surface area contributed by atoms with Gasteiger partial charge in [0.25, 0.3) is 0 Å². The third kappa shape index (κ3) is 7.13. The van der Waals surface area contributed by atoms with E-state index in [1.54, 1.807) is 0 Å². The summed E-state index contributed by atoms with van der Waals surface area (Å²) in [6.07, 6.45) is 1.93. The standard InChI is InChI=1S/C65H47N4O.Pt/c1-64(2,3)48-37-38-66-60(39-48)69-58-36-20-33-54-61(58)62-55(65(54,46-25-12-6-13-26-46)47-27-14-7-15-28-47)41-51(42-59(62)69)70-50-30-18-29-49(40-50)67-43-68(57-35-17-16-34-56(57)67)63-52(44-21-8-4-9-22-44)31-19-32-53(63)45-23-10-5-11-24-45;/h4-39,41,43H,1-3H3;/q-3;. The monoisotopic (exact) mass is 1090 g/mol. The summed E-state index contributed by atoms with van der Waals surface area (Å²) in [5, 5.41) is 2.36. The van der Waals surface area contributed by atoms with Crippen molar-refractivity contribution in [2.75, 3.05) is 9.80 Å². The van der Waals surface area contributed by atoms with Gasteiger partial charge in [0.1, 0.15) is 5.82 Å². The zero-order valence-electron chi connectivity index (χ0n) is 39.5. The van der Waals surface area contributed by atoms with Gasteiger partial charge in [-0.25, -0.2) is 4.98 Å². The molecular weight excluding hydrogens is 1050 g/mol. The van der Waals surface area contributed by atoms with Crippen LogP contribution < -0.4 is 14.5 Å². The van der Waals surface area contributed by atoms with Crippen molar-refractivity contribution in [2.24, 2.45) is 0 Å². The Balaban J connectivity index is 0.00000517. The summed E-state index contributed by atoms with van der Waals surface area (Å²) in [5.74, 6) is 2.02. The maximum absolute atomic E-state index is 7.10. The molecule has 2 aromatic heterocycles. The summed E-state index contributed by atoms with van der Waals surface area (Å²) in [6, 6.07) is 85.2. The summed E-state index contributed by atoms with van der Waals surface area (Å²) in [5.41, 5.74) is 15.9. The number of rotatable bonds is 9. The first-order chi connectivity index (χ1) is 34.4. The SMILES string of the molecule is CC(C)(C)c1ccnc(-n2c3[c-]c(Oc4[c-]c(N5[CH-]N(c6c(-c7ccccc7)cccc6-c6ccccc6)c6ccccc65)ccc4)cc4c3c3c(cccc32)C4(c2ccccc2)c2ccccc2)c1.[Pt]. The van der Waals surface area contributed by atoms with E-state index < -0.39 is 5.41 Å². The summed E-state index contributed by atoms with van der Waals surface area (Å²) in [6.45, 7) is 8.93. The molecule has 13 rings (SSSR count). The Morgan fingerprint density at radius 3 is 1.73 bits per heavy atom. The summed E-state index contributed by atoms with van der Waals surface area (Å²) < 4.78 is 9.38. The van der Waals surface area contributed by atoms with Gasteiger partial charge in [0.2, 0.25) is 0 Å². The van der Waals surface area contributed by atoms with Crippen LogP contribution in [0, 0.1) is 18.8 Å². The molecule has 0 radical (unpaired) electrons. The number of ether oxygens (including phenoxy) is 1. The van der Waals surface area contributed by atoms with Gasteiger partial charge in [-0.05, 0) is 74.5 Å². The van der Waals surface area contributed by atoms with Gasteiger partial charge in [0, 0.05) is 77.9 Å². The number of aromatic nitrogens is 2. The average Bonchev–Trinajstić information content (AvgIpc) is 4.07. The molecule has 0 atom stereocenters. The Hall–Kier alpha value is -7.98. The third-order valence-electron chi connectivity index (χ3n) is 14.2. The molecule has 0 spiro atoms. The molecule has 71 heavy (non-hydrogen) atoms. The van der Waals surface area contributed by atoms with Gasteiger partial charge in [0.15, 0.2) is 0 Å². The molecule has 0 saturated carbocycles. The number of benzene rings is 9. The molecular formula is C65H47N4OPt-3. The average molecular weight is 1100 g/mol. The molecule has 0 saturated heterocycles. The first kappa shape index (κ1) is 44.2. The van der Waals surface area contributed by atoms with E-state index >= 15 is 0 Å². The van der Waals surface area contributed by atoms with Crippen LogP contribution >= 0.6 is 0 Å². The van der Waals surface area contributed by atoms with Crippen molar-refractivity contribution >= 4 is 44.6 Å². The predicted octanol–water partition coefficient (Wildman–Crippen LogP) is 16.3. The molecule has 0 bridgehead atoms. The minimum Gasteiger partial charge on any atom is -0.509 e. The molecule has 6 heteroatoms. The van der Waals surface area contributed by atoms with E-state index in [4.69, 9.17) is 9.72 Å². The quantitative estimate of drug-likeness (QED) is 0.135. The van der Waals surface area contributed by atoms with Crippen molar-refractivity contribution in [1.82, 2.24) is 9.55 Å². The van der Waals surface area contributed by atoms with Crippen molar-refractivity contribution in [3.05, 3.63) is 271 Å². The van der Waals surface area contributed by atoms with Crippen LogP contribution in [-0.4, -0.2) is 9.55 Å². The van der Waals surface area contributed by atoms with E-state index in [9.17, 15) is 0 Å². The van der Waals surface area contributed by atoms with Gasteiger partial charge in [-0.2, -0.15) is 6.07 Å². The Morgan fingerprint density at radius 1 is 0.521 bits per heavy atom. The largest absolute Gasteiger partial charge is 0.509 e. The molecule has 0 unspecified atom stereocenters. The number of pyridine rings is 1. The van der Waals surface area contributed by atoms with Crippen LogP contribution in [0.5, 0.6) is 11.5 Å². The molecule has 0 N–H and O–H groups in total. The molecule has 0 amide bonds. The zero-order valence-corrected chi connectivity index (χ0v) is 41.7. The fourth-order valence-electron chi connectivity index (χ4n) is 11.0. The minimum absolute atomic E-state index is 0. The fourth-order valence-corrected chi connectivity index (χ4v) is 11.0. The number of hydrogen-bond donors (Lipinski definition) is 0. The molecule has 346 valence electrons. The van der Waals surface area contributed by atoms with Gasteiger partial charge < -0.3 is 19.1 Å². The Morgan fingerprint density at radius 2 is 1.10 bits per heavy atom. The molecule has 3 heterocycles. The second-order valence-corrected chi connectivity index (χ2v) is 19.2. The van der Waals surface area contributed by atoms with Crippen LogP contribution in [0.1, 0.15) is 48.6 Å². The molecule has 9 aromatic carbocycles. The molecule has 5 nitrogen and oxygen atoms in total. The maximum atomic E-state index is 7.10. The van der Waals surface area contributed by atoms with E-state index in [0.717, 1.165) is 72.8 Å². The minimum atomic E-state index is -0.629. The number of anilines is 4. The van der Waals surface area contributed by atoms with E-state index in [0.29, 0.717) is 11.5 Å². The molecule has 0 fully saturated rings. The smallest absolute Gasteiger partial charge is 0.135 e. The summed E-state index contributed by atoms with van der Waals surface area (Å²) >= 11 is 0. The molecule has 11 aromatic rings. The number of hydrogen-bond acceptors (Lipinski definition) is 4. The summed E-state index contributed by atoms with van der Waals surface area (Å²) in [7, 11) is 0. The van der Waals surface area contributed by atoms with Gasteiger partial charge >= 0.3 is 0 Å². The Bertz CT molecular complexity index is 3670. The van der Waals surface area contributed by atoms with Crippen molar-refractivity contribution in [1.29, 1.82) is 0 Å². The van der Waals surface area contributed by atoms with Gasteiger partial charge in [-0.3, -0.25) is 0 Å². The molecule has 1 aliphatic heterocycles. The number of para-hydroxylation sites is 3. The summed E-state index contributed by atoms with van der Waals surface area (Å²) in [4.78, 5) is 9.58. The van der Waals surface area contributed by atoms with Crippen molar-refractivity contribution in [3.63, 3.8) is 0 Å². The van der Waals surface area contributed by atoms with Gasteiger partial charge in [0.05, 0.1) is 0 Å². The van der Waals surface area contributed by atoms with E-state index in [1.165, 1.54) is 27.6 Å². The second kappa shape index (κ2) is 17.5. The fraction of sp³-hybridized carbons (Fsp3) is 0.0769. The first-order valence-electron chi connectivity index (χ1n) is 24.0. The maximum Gasteiger partial charge on any atom is 0.135 e. The van der Waals surface area contributed by atoms with Crippen LogP contribution in [-0.2, 0) is 31.9 Å². The van der Waals surface area contributed by atoms with Gasteiger partial charge in [-0.15, -0.1) is 48.3 Å². The van der Waals surface area contributed by atoms with Crippen LogP contribution in [0.25, 0.3) is 49.9 Å². The van der Waals surface area contributed by atoms with Crippen molar-refractivity contribution in [2.45, 2.75) is 31.6 Å². The van der Waals surface area contributed by atoms with Crippen LogP contribution in [0.15, 0.2) is 225 Å². The third-order valence-corrected chi connectivity index (χ3v) is 14.2. The predicted molar refractivity (Wildman–Crippen MR) is 286 cm³/mol. The normalized spacial score (nSPS) is 13.5. The molecule has 2 aliphatic rings. The van der Waals surface area contributed by atoms with Crippen molar-refractivity contribution in [3.8, 4) is 39.6 Å². The second-order valence-electron chi connectivity index (χ2n) is 19.2. The Labute approximate surface area is 429 Å². The number of fused-ring (bicyclic) bond motifs is 1. The topological polar surface area (TPSA) is 33.5 Å². The van der Waals surface area contributed by atoms with E-state index in [1.807, 2.05) is 18.3 Å². The van der Waals surface area contributed by atoms with Gasteiger partial charge in [-0.1, -0.05) is 195 Å². The van der Waals surface area contributed by atoms with Crippen LogP contribution in [0.2, 0.25) is 0 Å². The van der Waals surface area contributed by atoms with Crippen molar-refractivity contribution < 1.29 is 25.8 Å². The zero-order chi connectivity index (χ0) is 47.0. The van der Waals surface area contributed by atoms with E-state index in [2.05, 4.69) is 260 Å². The number of nitrogens with zero attached hydrogens (tertiary/aromatic N) is 4. The Kier molecular flexibility index (Phi) is 10.9. The van der Waals surface area contributed by atoms with Crippen LogP contribution in [0.4, 0.5) is 22.7 Å².